The minimum Gasteiger partial charge on any atom is -0.379 e. The number of carbonyl (C=O) groups excluding carboxylic acids is 1. The first-order valence-corrected chi connectivity index (χ1v) is 12.1. The van der Waals surface area contributed by atoms with Crippen LogP contribution in [-0.4, -0.2) is 61.7 Å². The number of nitrogens with one attached hydrogen (secondary N) is 1. The molecule has 182 valence electrons. The number of morpholine rings is 1. The zero-order valence-corrected chi connectivity index (χ0v) is 20.0. The van der Waals surface area contributed by atoms with E-state index in [1.807, 2.05) is 0 Å². The van der Waals surface area contributed by atoms with Crippen molar-refractivity contribution < 1.29 is 14.5 Å². The normalized spacial score (nSPS) is 18.5. The minimum absolute atomic E-state index is 0.00883. The van der Waals surface area contributed by atoms with Crippen molar-refractivity contribution in [1.29, 1.82) is 0 Å². The molecular weight excluding hydrogens is 432 g/mol. The highest BCUT2D eigenvalue weighted by molar-refractivity contribution is 5.95. The van der Waals surface area contributed by atoms with Crippen LogP contribution in [0.2, 0.25) is 0 Å². The number of nitro benzene ring substituents is 1. The van der Waals surface area contributed by atoms with Crippen LogP contribution in [0.15, 0.2) is 42.5 Å². The summed E-state index contributed by atoms with van der Waals surface area (Å²) >= 11 is 0. The molecule has 2 aliphatic rings. The third-order valence-electron chi connectivity index (χ3n) is 6.96. The highest BCUT2D eigenvalue weighted by Gasteiger charge is 2.26. The van der Waals surface area contributed by atoms with Gasteiger partial charge in [0, 0.05) is 44.4 Å². The molecule has 1 atom stereocenters. The summed E-state index contributed by atoms with van der Waals surface area (Å²) in [6, 6.07) is 13.2. The molecule has 2 aromatic carbocycles. The average molecular weight is 467 g/mol. The lowest BCUT2D eigenvalue weighted by Gasteiger charge is -2.35. The summed E-state index contributed by atoms with van der Waals surface area (Å²) in [7, 11) is 0. The average Bonchev–Trinajstić information content (AvgIpc) is 2.86. The molecule has 1 amide bonds. The molecule has 0 saturated carbocycles. The van der Waals surface area contributed by atoms with Crippen LogP contribution < -0.4 is 10.2 Å². The Labute approximate surface area is 201 Å². The first-order chi connectivity index (χ1) is 16.4. The summed E-state index contributed by atoms with van der Waals surface area (Å²) in [4.78, 5) is 28.8. The molecule has 4 rings (SSSR count). The van der Waals surface area contributed by atoms with Gasteiger partial charge in [-0.15, -0.1) is 0 Å². The number of carbonyl (C=O) groups is 1. The molecule has 34 heavy (non-hydrogen) atoms. The van der Waals surface area contributed by atoms with Gasteiger partial charge in [-0.25, -0.2) is 0 Å². The second-order valence-electron chi connectivity index (χ2n) is 9.42. The molecule has 8 heteroatoms. The molecule has 1 unspecified atom stereocenters. The lowest BCUT2D eigenvalue weighted by atomic mass is 9.98. The SMILES string of the molecule is Cc1ccc(C(CNC(=O)c2ccc(N3CCC(C)CC3)c([N+](=O)[O-])c2)N2CCOCC2)cc1. The molecule has 2 saturated heterocycles. The van der Waals surface area contributed by atoms with Crippen molar-refractivity contribution in [2.24, 2.45) is 5.92 Å². The zero-order valence-electron chi connectivity index (χ0n) is 20.0. The van der Waals surface area contributed by atoms with Gasteiger partial charge in [-0.3, -0.25) is 19.8 Å². The number of nitrogens with zero attached hydrogens (tertiary/aromatic N) is 3. The third-order valence-corrected chi connectivity index (χ3v) is 6.96. The number of aryl methyl sites for hydroxylation is 1. The lowest BCUT2D eigenvalue weighted by molar-refractivity contribution is -0.384. The number of hydrogen-bond donors (Lipinski definition) is 1. The van der Waals surface area contributed by atoms with Gasteiger partial charge in [0.2, 0.25) is 0 Å². The van der Waals surface area contributed by atoms with Crippen LogP contribution in [0.3, 0.4) is 0 Å². The number of amides is 1. The highest BCUT2D eigenvalue weighted by atomic mass is 16.6. The maximum atomic E-state index is 13.0. The van der Waals surface area contributed by atoms with E-state index in [0.717, 1.165) is 44.6 Å². The van der Waals surface area contributed by atoms with Crippen LogP contribution in [0.25, 0.3) is 0 Å². The van der Waals surface area contributed by atoms with Gasteiger partial charge in [0.15, 0.2) is 0 Å². The van der Waals surface area contributed by atoms with E-state index in [4.69, 9.17) is 4.74 Å². The van der Waals surface area contributed by atoms with Gasteiger partial charge in [0.25, 0.3) is 11.6 Å². The van der Waals surface area contributed by atoms with Gasteiger partial charge >= 0.3 is 0 Å². The van der Waals surface area contributed by atoms with E-state index in [0.29, 0.717) is 36.9 Å². The zero-order chi connectivity index (χ0) is 24.1. The quantitative estimate of drug-likeness (QED) is 0.491. The Bertz CT molecular complexity index is 996. The predicted octanol–water partition coefficient (Wildman–Crippen LogP) is 3.94. The Kier molecular flexibility index (Phi) is 7.80. The standard InChI is InChI=1S/C26H34N4O4/c1-19-3-5-21(6-4-19)25(29-13-15-34-16-14-29)18-27-26(31)22-7-8-23(24(17-22)30(32)33)28-11-9-20(2)10-12-28/h3-8,17,20,25H,9-16,18H2,1-2H3,(H,27,31). The molecule has 0 aromatic heterocycles. The summed E-state index contributed by atoms with van der Waals surface area (Å²) in [5.41, 5.74) is 3.22. The van der Waals surface area contributed by atoms with Crippen molar-refractivity contribution in [1.82, 2.24) is 10.2 Å². The monoisotopic (exact) mass is 466 g/mol. The maximum absolute atomic E-state index is 13.0. The molecule has 0 bridgehead atoms. The summed E-state index contributed by atoms with van der Waals surface area (Å²) in [5, 5.41) is 14.8. The number of rotatable bonds is 7. The Morgan fingerprint density at radius 3 is 2.44 bits per heavy atom. The second kappa shape index (κ2) is 11.0. The van der Waals surface area contributed by atoms with Crippen LogP contribution in [0, 0.1) is 23.0 Å². The number of anilines is 1. The van der Waals surface area contributed by atoms with Crippen molar-refractivity contribution >= 4 is 17.3 Å². The molecule has 2 fully saturated rings. The third kappa shape index (κ3) is 5.74. The van der Waals surface area contributed by atoms with E-state index < -0.39 is 0 Å². The molecule has 8 nitrogen and oxygen atoms in total. The summed E-state index contributed by atoms with van der Waals surface area (Å²) < 4.78 is 5.51. The Hall–Kier alpha value is -2.97. The topological polar surface area (TPSA) is 88.0 Å². The minimum atomic E-state index is -0.382. The lowest BCUT2D eigenvalue weighted by Crippen LogP contribution is -2.43. The van der Waals surface area contributed by atoms with Crippen LogP contribution in [0.1, 0.15) is 47.3 Å². The highest BCUT2D eigenvalue weighted by Crippen LogP contribution is 2.32. The van der Waals surface area contributed by atoms with Crippen LogP contribution >= 0.6 is 0 Å². The molecule has 0 aliphatic carbocycles. The number of piperidine rings is 1. The first kappa shape index (κ1) is 24.2. The van der Waals surface area contributed by atoms with Gasteiger partial charge in [0.05, 0.1) is 24.2 Å². The maximum Gasteiger partial charge on any atom is 0.293 e. The van der Waals surface area contributed by atoms with E-state index in [1.165, 1.54) is 11.6 Å². The number of benzene rings is 2. The fourth-order valence-electron chi connectivity index (χ4n) is 4.75. The van der Waals surface area contributed by atoms with Gasteiger partial charge in [-0.1, -0.05) is 36.8 Å². The smallest absolute Gasteiger partial charge is 0.293 e. The van der Waals surface area contributed by atoms with Crippen molar-refractivity contribution in [2.45, 2.75) is 32.7 Å². The Morgan fingerprint density at radius 1 is 1.12 bits per heavy atom. The number of nitro groups is 1. The van der Waals surface area contributed by atoms with Crippen molar-refractivity contribution in [3.63, 3.8) is 0 Å². The van der Waals surface area contributed by atoms with Gasteiger partial charge in [0.1, 0.15) is 5.69 Å². The molecule has 2 aliphatic heterocycles. The molecule has 0 radical (unpaired) electrons. The fourth-order valence-corrected chi connectivity index (χ4v) is 4.75. The van der Waals surface area contributed by atoms with E-state index in [2.05, 4.69) is 53.2 Å². The van der Waals surface area contributed by atoms with Crippen molar-refractivity contribution in [2.75, 3.05) is 50.8 Å². The fraction of sp³-hybridized carbons (Fsp3) is 0.500. The first-order valence-electron chi connectivity index (χ1n) is 12.1. The van der Waals surface area contributed by atoms with Crippen molar-refractivity contribution in [3.8, 4) is 0 Å². The number of hydrogen-bond acceptors (Lipinski definition) is 6. The summed E-state index contributed by atoms with van der Waals surface area (Å²) in [6.07, 6.45) is 2.03. The van der Waals surface area contributed by atoms with Crippen LogP contribution in [-0.2, 0) is 4.74 Å². The Balaban J connectivity index is 1.49. The number of ether oxygens (including phenoxy) is 1. The van der Waals surface area contributed by atoms with E-state index in [-0.39, 0.29) is 22.6 Å². The Morgan fingerprint density at radius 2 is 1.79 bits per heavy atom. The molecule has 1 N–H and O–H groups in total. The van der Waals surface area contributed by atoms with E-state index in [1.54, 1.807) is 12.1 Å². The summed E-state index contributed by atoms with van der Waals surface area (Å²) in [6.45, 7) is 9.19. The largest absolute Gasteiger partial charge is 0.379 e. The molecule has 0 spiro atoms. The van der Waals surface area contributed by atoms with E-state index >= 15 is 0 Å². The van der Waals surface area contributed by atoms with Crippen LogP contribution in [0.4, 0.5) is 11.4 Å². The predicted molar refractivity (Wildman–Crippen MR) is 132 cm³/mol. The van der Waals surface area contributed by atoms with Crippen LogP contribution in [0.5, 0.6) is 0 Å². The molecule has 2 aromatic rings. The molecule has 2 heterocycles. The van der Waals surface area contributed by atoms with Gasteiger partial charge < -0.3 is 15.0 Å². The van der Waals surface area contributed by atoms with Gasteiger partial charge in [-0.2, -0.15) is 0 Å². The van der Waals surface area contributed by atoms with Crippen molar-refractivity contribution in [3.05, 3.63) is 69.3 Å². The molecular formula is C26H34N4O4. The van der Waals surface area contributed by atoms with Gasteiger partial charge in [-0.05, 0) is 43.4 Å². The van der Waals surface area contributed by atoms with E-state index in [9.17, 15) is 14.9 Å². The summed E-state index contributed by atoms with van der Waals surface area (Å²) in [5.74, 6) is 0.334. The second-order valence-corrected chi connectivity index (χ2v) is 9.42.